The van der Waals surface area contributed by atoms with Crippen LogP contribution < -0.4 is 5.32 Å². The van der Waals surface area contributed by atoms with E-state index in [1.165, 1.54) is 6.07 Å². The Morgan fingerprint density at radius 1 is 1.38 bits per heavy atom. The number of rotatable bonds is 6. The molecule has 1 rings (SSSR count). The Morgan fingerprint density at radius 2 is 2.12 bits per heavy atom. The van der Waals surface area contributed by atoms with Crippen molar-refractivity contribution in [3.8, 4) is 0 Å². The van der Waals surface area contributed by atoms with Gasteiger partial charge in [0.25, 0.3) is 0 Å². The minimum absolute atomic E-state index is 0.200. The van der Waals surface area contributed by atoms with Gasteiger partial charge < -0.3 is 10.1 Å². The van der Waals surface area contributed by atoms with Gasteiger partial charge in [-0.3, -0.25) is 0 Å². The van der Waals surface area contributed by atoms with Gasteiger partial charge in [-0.25, -0.2) is 4.39 Å². The van der Waals surface area contributed by atoms with Gasteiger partial charge in [0.2, 0.25) is 0 Å². The lowest BCUT2D eigenvalue weighted by atomic mass is 10.1. The zero-order valence-electron chi connectivity index (χ0n) is 10.2. The summed E-state index contributed by atoms with van der Waals surface area (Å²) in [5.74, 6) is 0.424. The second-order valence-electron chi connectivity index (χ2n) is 4.38. The second kappa shape index (κ2) is 6.61. The fraction of sp³-hybridized carbons (Fsp3) is 0.538. The largest absolute Gasteiger partial charge is 0.380 e. The van der Waals surface area contributed by atoms with Crippen molar-refractivity contribution in [3.05, 3.63) is 35.1 Å². The maximum atomic E-state index is 13.3. The molecule has 2 nitrogen and oxygen atoms in total. The monoisotopic (exact) mass is 225 g/mol. The van der Waals surface area contributed by atoms with Gasteiger partial charge in [-0.2, -0.15) is 0 Å². The van der Waals surface area contributed by atoms with Gasteiger partial charge in [-0.1, -0.05) is 19.9 Å². The van der Waals surface area contributed by atoms with Gasteiger partial charge >= 0.3 is 0 Å². The zero-order chi connectivity index (χ0) is 12.0. The first kappa shape index (κ1) is 13.1. The first-order valence-corrected chi connectivity index (χ1v) is 5.60. The molecule has 3 heteroatoms. The highest BCUT2D eigenvalue weighted by Crippen LogP contribution is 2.11. The Kier molecular flexibility index (Phi) is 5.43. The molecule has 0 aliphatic heterocycles. The van der Waals surface area contributed by atoms with Crippen LogP contribution in [0.5, 0.6) is 0 Å². The van der Waals surface area contributed by atoms with E-state index in [-0.39, 0.29) is 5.82 Å². The highest BCUT2D eigenvalue weighted by Gasteiger charge is 2.03. The molecular weight excluding hydrogens is 205 g/mol. The van der Waals surface area contributed by atoms with E-state index in [0.717, 1.165) is 18.7 Å². The Hall–Kier alpha value is -0.930. The van der Waals surface area contributed by atoms with E-state index in [1.54, 1.807) is 7.11 Å². The van der Waals surface area contributed by atoms with Crippen molar-refractivity contribution in [2.24, 2.45) is 5.92 Å². The number of halogens is 1. The lowest BCUT2D eigenvalue weighted by Crippen LogP contribution is -2.19. The zero-order valence-corrected chi connectivity index (χ0v) is 10.2. The third-order valence-corrected chi connectivity index (χ3v) is 2.29. The number of hydrogen-bond acceptors (Lipinski definition) is 2. The van der Waals surface area contributed by atoms with E-state index in [1.807, 2.05) is 12.1 Å². The molecule has 1 aromatic rings. The van der Waals surface area contributed by atoms with Crippen molar-refractivity contribution < 1.29 is 9.13 Å². The predicted molar refractivity (Wildman–Crippen MR) is 63.7 cm³/mol. The maximum Gasteiger partial charge on any atom is 0.128 e. The molecule has 90 valence electrons. The van der Waals surface area contributed by atoms with E-state index in [9.17, 15) is 4.39 Å². The van der Waals surface area contributed by atoms with E-state index in [0.29, 0.717) is 18.1 Å². The van der Waals surface area contributed by atoms with E-state index < -0.39 is 0 Å². The minimum atomic E-state index is -0.200. The van der Waals surface area contributed by atoms with Gasteiger partial charge in [0.15, 0.2) is 0 Å². The number of nitrogens with one attached hydrogen (secondary N) is 1. The van der Waals surface area contributed by atoms with E-state index in [4.69, 9.17) is 4.74 Å². The number of benzene rings is 1. The van der Waals surface area contributed by atoms with Crippen molar-refractivity contribution >= 4 is 0 Å². The Labute approximate surface area is 96.8 Å². The first-order valence-electron chi connectivity index (χ1n) is 5.60. The van der Waals surface area contributed by atoms with E-state index >= 15 is 0 Å². The SMILES string of the molecule is COCc1cc(CNCC(C)C)ccc1F. The second-order valence-corrected chi connectivity index (χ2v) is 4.38. The van der Waals surface area contributed by atoms with E-state index in [2.05, 4.69) is 19.2 Å². The summed E-state index contributed by atoms with van der Waals surface area (Å²) in [4.78, 5) is 0. The molecule has 0 saturated heterocycles. The summed E-state index contributed by atoms with van der Waals surface area (Å²) in [6, 6.07) is 5.16. The van der Waals surface area contributed by atoms with Crippen molar-refractivity contribution in [1.29, 1.82) is 0 Å². The van der Waals surface area contributed by atoms with Crippen molar-refractivity contribution in [1.82, 2.24) is 5.32 Å². The first-order chi connectivity index (χ1) is 7.63. The molecule has 0 aromatic heterocycles. The maximum absolute atomic E-state index is 13.3. The summed E-state index contributed by atoms with van der Waals surface area (Å²) >= 11 is 0. The summed E-state index contributed by atoms with van der Waals surface area (Å²) in [6.07, 6.45) is 0. The molecule has 0 aliphatic rings. The normalized spacial score (nSPS) is 11.1. The molecule has 0 spiro atoms. The molecular formula is C13H20FNO. The van der Waals surface area contributed by atoms with Crippen LogP contribution in [0.2, 0.25) is 0 Å². The molecule has 0 amide bonds. The van der Waals surface area contributed by atoms with Gasteiger partial charge in [-0.15, -0.1) is 0 Å². The van der Waals surface area contributed by atoms with Crippen molar-refractivity contribution in [2.75, 3.05) is 13.7 Å². The number of ether oxygens (including phenoxy) is 1. The molecule has 1 aromatic carbocycles. The Morgan fingerprint density at radius 3 is 2.75 bits per heavy atom. The molecule has 0 heterocycles. The summed E-state index contributed by atoms with van der Waals surface area (Å²) in [5, 5.41) is 3.33. The average molecular weight is 225 g/mol. The fourth-order valence-corrected chi connectivity index (χ4v) is 1.51. The third kappa shape index (κ3) is 4.29. The lowest BCUT2D eigenvalue weighted by molar-refractivity contribution is 0.181. The van der Waals surface area contributed by atoms with Crippen molar-refractivity contribution in [3.63, 3.8) is 0 Å². The predicted octanol–water partition coefficient (Wildman–Crippen LogP) is 2.72. The molecule has 0 atom stereocenters. The van der Waals surface area contributed by atoms with Crippen LogP contribution in [0, 0.1) is 11.7 Å². The molecule has 1 N–H and O–H groups in total. The third-order valence-electron chi connectivity index (χ3n) is 2.29. The Balaban J connectivity index is 2.56. The molecule has 0 unspecified atom stereocenters. The lowest BCUT2D eigenvalue weighted by Gasteiger charge is -2.09. The van der Waals surface area contributed by atoms with Gasteiger partial charge in [0.1, 0.15) is 5.82 Å². The van der Waals surface area contributed by atoms with Crippen molar-refractivity contribution in [2.45, 2.75) is 27.0 Å². The van der Waals surface area contributed by atoms with Crippen LogP contribution in [-0.2, 0) is 17.9 Å². The summed E-state index contributed by atoms with van der Waals surface area (Å²) < 4.78 is 18.3. The van der Waals surface area contributed by atoms with Crippen LogP contribution in [-0.4, -0.2) is 13.7 Å². The molecule has 16 heavy (non-hydrogen) atoms. The average Bonchev–Trinajstić information content (AvgIpc) is 2.22. The molecule has 0 bridgehead atoms. The van der Waals surface area contributed by atoms with Crippen LogP contribution in [0.3, 0.4) is 0 Å². The molecule has 0 fully saturated rings. The molecule has 0 radical (unpaired) electrons. The molecule has 0 saturated carbocycles. The highest BCUT2D eigenvalue weighted by atomic mass is 19.1. The van der Waals surface area contributed by atoms with Crippen LogP contribution in [0.15, 0.2) is 18.2 Å². The topological polar surface area (TPSA) is 21.3 Å². The summed E-state index contributed by atoms with van der Waals surface area (Å²) in [6.45, 7) is 6.39. The van der Waals surface area contributed by atoms with Gasteiger partial charge in [0, 0.05) is 19.2 Å². The number of methoxy groups -OCH3 is 1. The van der Waals surface area contributed by atoms with Gasteiger partial charge in [-0.05, 0) is 30.2 Å². The van der Waals surface area contributed by atoms with Gasteiger partial charge in [0.05, 0.1) is 6.61 Å². The minimum Gasteiger partial charge on any atom is -0.380 e. The standard InChI is InChI=1S/C13H20FNO/c1-10(2)7-15-8-11-4-5-13(14)12(6-11)9-16-3/h4-6,10,15H,7-9H2,1-3H3. The quantitative estimate of drug-likeness (QED) is 0.803. The fourth-order valence-electron chi connectivity index (χ4n) is 1.51. The smallest absolute Gasteiger partial charge is 0.128 e. The molecule has 0 aliphatic carbocycles. The summed E-state index contributed by atoms with van der Waals surface area (Å²) in [5.41, 5.74) is 1.71. The van der Waals surface area contributed by atoms with Crippen LogP contribution in [0.25, 0.3) is 0 Å². The van der Waals surface area contributed by atoms with Crippen LogP contribution in [0.1, 0.15) is 25.0 Å². The van der Waals surface area contributed by atoms with Crippen LogP contribution in [0.4, 0.5) is 4.39 Å². The summed E-state index contributed by atoms with van der Waals surface area (Å²) in [7, 11) is 1.57. The van der Waals surface area contributed by atoms with Crippen LogP contribution >= 0.6 is 0 Å². The Bertz CT molecular complexity index is 326. The highest BCUT2D eigenvalue weighted by molar-refractivity contribution is 5.24. The number of hydrogen-bond donors (Lipinski definition) is 1.